The highest BCUT2D eigenvalue weighted by Gasteiger charge is 2.16. The summed E-state index contributed by atoms with van der Waals surface area (Å²) >= 11 is 0. The molecule has 0 unspecified atom stereocenters. The Balaban J connectivity index is 1.63. The first-order valence-corrected chi connectivity index (χ1v) is 6.46. The molecule has 0 N–H and O–H groups in total. The molecule has 0 radical (unpaired) electrons. The number of ether oxygens (including phenoxy) is 4. The van der Waals surface area contributed by atoms with E-state index in [-0.39, 0.29) is 13.4 Å². The van der Waals surface area contributed by atoms with Crippen molar-refractivity contribution < 1.29 is 23.7 Å². The molecule has 0 aromatic heterocycles. The minimum Gasteiger partial charge on any atom is -0.497 e. The number of carbonyl (C=O) groups excluding carboxylic acids is 1. The van der Waals surface area contributed by atoms with Crippen LogP contribution in [0.4, 0.5) is 0 Å². The summed E-state index contributed by atoms with van der Waals surface area (Å²) in [6.07, 6.45) is 0. The van der Waals surface area contributed by atoms with Crippen LogP contribution in [0.2, 0.25) is 0 Å². The van der Waals surface area contributed by atoms with Gasteiger partial charge in [-0.3, -0.25) is 0 Å². The van der Waals surface area contributed by atoms with Crippen molar-refractivity contribution >= 4 is 5.97 Å². The summed E-state index contributed by atoms with van der Waals surface area (Å²) in [5, 5.41) is 0. The normalized spacial score (nSPS) is 12.0. The number of hydrogen-bond donors (Lipinski definition) is 0. The van der Waals surface area contributed by atoms with E-state index in [4.69, 9.17) is 18.9 Å². The molecular weight excluding hydrogens is 272 g/mol. The maximum absolute atomic E-state index is 12.0. The zero-order valence-corrected chi connectivity index (χ0v) is 11.5. The number of fused-ring (bicyclic) bond motifs is 1. The van der Waals surface area contributed by atoms with Crippen LogP contribution in [0.5, 0.6) is 17.2 Å². The lowest BCUT2D eigenvalue weighted by Crippen LogP contribution is -2.05. The quantitative estimate of drug-likeness (QED) is 0.809. The van der Waals surface area contributed by atoms with E-state index in [0.29, 0.717) is 17.1 Å². The van der Waals surface area contributed by atoms with Crippen LogP contribution in [-0.2, 0) is 11.3 Å². The summed E-state index contributed by atoms with van der Waals surface area (Å²) in [5.41, 5.74) is 1.33. The van der Waals surface area contributed by atoms with Gasteiger partial charge in [0.2, 0.25) is 6.79 Å². The first-order valence-electron chi connectivity index (χ1n) is 6.46. The molecule has 1 aliphatic rings. The van der Waals surface area contributed by atoms with Gasteiger partial charge in [-0.05, 0) is 35.9 Å². The van der Waals surface area contributed by atoms with Crippen LogP contribution in [0.15, 0.2) is 42.5 Å². The Morgan fingerprint density at radius 2 is 1.86 bits per heavy atom. The predicted molar refractivity (Wildman–Crippen MR) is 74.7 cm³/mol. The molecule has 21 heavy (non-hydrogen) atoms. The highest BCUT2D eigenvalue weighted by Crippen LogP contribution is 2.32. The summed E-state index contributed by atoms with van der Waals surface area (Å²) < 4.78 is 20.8. The molecule has 0 spiro atoms. The molecule has 0 bridgehead atoms. The predicted octanol–water partition coefficient (Wildman–Crippen LogP) is 2.78. The molecule has 1 heterocycles. The van der Waals surface area contributed by atoms with Gasteiger partial charge in [0.25, 0.3) is 0 Å². The van der Waals surface area contributed by atoms with Gasteiger partial charge in [-0.2, -0.15) is 0 Å². The molecule has 2 aromatic rings. The van der Waals surface area contributed by atoms with Crippen LogP contribution in [0.1, 0.15) is 15.9 Å². The van der Waals surface area contributed by atoms with E-state index in [1.807, 2.05) is 24.3 Å². The number of methoxy groups -OCH3 is 1. The van der Waals surface area contributed by atoms with Gasteiger partial charge >= 0.3 is 5.97 Å². The van der Waals surface area contributed by atoms with Crippen molar-refractivity contribution in [3.63, 3.8) is 0 Å². The third-order valence-electron chi connectivity index (χ3n) is 3.14. The largest absolute Gasteiger partial charge is 0.497 e. The Kier molecular flexibility index (Phi) is 3.64. The Bertz CT molecular complexity index is 648. The monoisotopic (exact) mass is 286 g/mol. The number of hydrogen-bond acceptors (Lipinski definition) is 5. The van der Waals surface area contributed by atoms with E-state index in [1.165, 1.54) is 0 Å². The van der Waals surface area contributed by atoms with E-state index in [1.54, 1.807) is 25.3 Å². The lowest BCUT2D eigenvalue weighted by atomic mass is 10.2. The van der Waals surface area contributed by atoms with Gasteiger partial charge in [-0.1, -0.05) is 12.1 Å². The van der Waals surface area contributed by atoms with Crippen LogP contribution in [0.25, 0.3) is 0 Å². The average Bonchev–Trinajstić information content (AvgIpc) is 3.00. The van der Waals surface area contributed by atoms with Gasteiger partial charge in [-0.25, -0.2) is 4.79 Å². The Hall–Kier alpha value is -2.69. The molecule has 108 valence electrons. The average molecular weight is 286 g/mol. The lowest BCUT2D eigenvalue weighted by molar-refractivity contribution is 0.0472. The minimum atomic E-state index is -0.399. The lowest BCUT2D eigenvalue weighted by Gasteiger charge is -2.06. The summed E-state index contributed by atoms with van der Waals surface area (Å²) in [6.45, 7) is 0.386. The number of carbonyl (C=O) groups is 1. The van der Waals surface area contributed by atoms with Crippen molar-refractivity contribution in [3.8, 4) is 17.2 Å². The van der Waals surface area contributed by atoms with Crippen LogP contribution < -0.4 is 14.2 Å². The fourth-order valence-electron chi connectivity index (χ4n) is 1.98. The van der Waals surface area contributed by atoms with Crippen molar-refractivity contribution in [2.45, 2.75) is 6.61 Å². The highest BCUT2D eigenvalue weighted by molar-refractivity contribution is 5.90. The molecule has 0 saturated carbocycles. The summed E-state index contributed by atoms with van der Waals surface area (Å²) in [7, 11) is 1.61. The second-order valence-corrected chi connectivity index (χ2v) is 4.49. The standard InChI is InChI=1S/C16H14O5/c1-18-13-5-2-11(3-6-13)9-19-16(17)12-4-7-14-15(8-12)21-10-20-14/h2-8H,9-10H2,1H3. The number of rotatable bonds is 4. The van der Waals surface area contributed by atoms with Crippen molar-refractivity contribution in [3.05, 3.63) is 53.6 Å². The topological polar surface area (TPSA) is 54.0 Å². The summed E-state index contributed by atoms with van der Waals surface area (Å²) in [6, 6.07) is 12.3. The van der Waals surface area contributed by atoms with Crippen molar-refractivity contribution in [1.82, 2.24) is 0 Å². The van der Waals surface area contributed by atoms with Crippen LogP contribution in [0, 0.1) is 0 Å². The maximum atomic E-state index is 12.0. The molecule has 3 rings (SSSR count). The van der Waals surface area contributed by atoms with Gasteiger partial charge in [0.1, 0.15) is 12.4 Å². The highest BCUT2D eigenvalue weighted by atomic mass is 16.7. The molecule has 0 aliphatic carbocycles. The Labute approximate surface area is 122 Å². The maximum Gasteiger partial charge on any atom is 0.338 e. The molecule has 0 atom stereocenters. The van der Waals surface area contributed by atoms with E-state index >= 15 is 0 Å². The van der Waals surface area contributed by atoms with E-state index in [2.05, 4.69) is 0 Å². The third-order valence-corrected chi connectivity index (χ3v) is 3.14. The summed E-state index contributed by atoms with van der Waals surface area (Å²) in [5.74, 6) is 1.57. The fraction of sp³-hybridized carbons (Fsp3) is 0.188. The molecule has 5 nitrogen and oxygen atoms in total. The van der Waals surface area contributed by atoms with Crippen LogP contribution >= 0.6 is 0 Å². The van der Waals surface area contributed by atoms with Crippen molar-refractivity contribution in [1.29, 1.82) is 0 Å². The fourth-order valence-corrected chi connectivity index (χ4v) is 1.98. The zero-order chi connectivity index (χ0) is 14.7. The van der Waals surface area contributed by atoms with E-state index < -0.39 is 5.97 Å². The molecule has 0 amide bonds. The molecular formula is C16H14O5. The smallest absolute Gasteiger partial charge is 0.338 e. The first-order chi connectivity index (χ1) is 10.3. The molecule has 5 heteroatoms. The van der Waals surface area contributed by atoms with E-state index in [0.717, 1.165) is 11.3 Å². The van der Waals surface area contributed by atoms with Crippen LogP contribution in [0.3, 0.4) is 0 Å². The second-order valence-electron chi connectivity index (χ2n) is 4.49. The number of benzene rings is 2. The van der Waals surface area contributed by atoms with E-state index in [9.17, 15) is 4.79 Å². The Morgan fingerprint density at radius 1 is 1.10 bits per heavy atom. The van der Waals surface area contributed by atoms with Crippen molar-refractivity contribution in [2.75, 3.05) is 13.9 Å². The summed E-state index contributed by atoms with van der Waals surface area (Å²) in [4.78, 5) is 12.0. The second kappa shape index (κ2) is 5.75. The Morgan fingerprint density at radius 3 is 2.62 bits per heavy atom. The molecule has 1 aliphatic heterocycles. The van der Waals surface area contributed by atoms with Crippen LogP contribution in [-0.4, -0.2) is 19.9 Å². The minimum absolute atomic E-state index is 0.180. The molecule has 0 saturated heterocycles. The number of esters is 1. The van der Waals surface area contributed by atoms with Gasteiger partial charge in [0, 0.05) is 0 Å². The van der Waals surface area contributed by atoms with Gasteiger partial charge < -0.3 is 18.9 Å². The van der Waals surface area contributed by atoms with Gasteiger partial charge in [0.05, 0.1) is 12.7 Å². The zero-order valence-electron chi connectivity index (χ0n) is 11.5. The third kappa shape index (κ3) is 2.91. The van der Waals surface area contributed by atoms with Gasteiger partial charge in [-0.15, -0.1) is 0 Å². The van der Waals surface area contributed by atoms with Gasteiger partial charge in [0.15, 0.2) is 11.5 Å². The van der Waals surface area contributed by atoms with Crippen molar-refractivity contribution in [2.24, 2.45) is 0 Å². The SMILES string of the molecule is COc1ccc(COC(=O)c2ccc3c(c2)OCO3)cc1. The first kappa shape index (κ1) is 13.3. The molecule has 0 fully saturated rings. The molecule has 2 aromatic carbocycles.